The molecule has 0 bridgehead atoms. The summed E-state index contributed by atoms with van der Waals surface area (Å²) in [4.78, 5) is 12.8. The van der Waals surface area contributed by atoms with Crippen LogP contribution < -0.4 is 0 Å². The summed E-state index contributed by atoms with van der Waals surface area (Å²) in [5.74, 6) is -0.792. The Hall–Kier alpha value is -1.70. The average molecular weight is 468 g/mol. The van der Waals surface area contributed by atoms with Crippen LogP contribution in [0.1, 0.15) is 31.9 Å². The molecule has 0 spiro atoms. The van der Waals surface area contributed by atoms with Crippen molar-refractivity contribution in [2.75, 3.05) is 6.61 Å². The molecule has 0 aliphatic heterocycles. The van der Waals surface area contributed by atoms with E-state index in [1.165, 1.54) is 16.4 Å². The Balaban J connectivity index is 2.58. The highest BCUT2D eigenvalue weighted by Crippen LogP contribution is 2.27. The van der Waals surface area contributed by atoms with Crippen molar-refractivity contribution >= 4 is 31.9 Å². The topological polar surface area (TPSA) is 63.7 Å². The number of aryl methyl sites for hydroxylation is 1. The molecule has 2 aromatic carbocycles. The van der Waals surface area contributed by atoms with Gasteiger partial charge in [0.05, 0.1) is 11.5 Å². The number of ether oxygens (including phenoxy) is 1. The van der Waals surface area contributed by atoms with Crippen LogP contribution in [0.4, 0.5) is 0 Å². The lowest BCUT2D eigenvalue weighted by Gasteiger charge is -2.32. The van der Waals surface area contributed by atoms with Gasteiger partial charge in [-0.25, -0.2) is 8.42 Å². The van der Waals surface area contributed by atoms with Crippen LogP contribution in [-0.2, 0) is 26.1 Å². The number of benzene rings is 2. The smallest absolute Gasteiger partial charge is 0.324 e. The number of hydrogen-bond donors (Lipinski definition) is 0. The third-order valence-electron chi connectivity index (χ3n) is 4.48. The molecular weight excluding hydrogens is 442 g/mol. The highest BCUT2D eigenvalue weighted by Gasteiger charge is 2.39. The van der Waals surface area contributed by atoms with Crippen LogP contribution in [-0.4, -0.2) is 31.3 Å². The Morgan fingerprint density at radius 3 is 2.25 bits per heavy atom. The number of rotatable bonds is 8. The summed E-state index contributed by atoms with van der Waals surface area (Å²) in [7, 11) is -3.93. The van der Waals surface area contributed by atoms with E-state index in [0.29, 0.717) is 0 Å². The van der Waals surface area contributed by atoms with Crippen LogP contribution in [0.15, 0.2) is 57.9 Å². The summed E-state index contributed by atoms with van der Waals surface area (Å²) < 4.78 is 34.3. The zero-order valence-corrected chi connectivity index (χ0v) is 19.0. The molecule has 152 valence electrons. The zero-order valence-electron chi connectivity index (χ0n) is 16.6. The number of halogens is 1. The fourth-order valence-electron chi connectivity index (χ4n) is 2.98. The lowest BCUT2D eigenvalue weighted by molar-refractivity contribution is -0.149. The molecule has 0 radical (unpaired) electrons. The van der Waals surface area contributed by atoms with E-state index in [9.17, 15) is 13.2 Å². The number of nitrogens with zero attached hydrogens (tertiary/aromatic N) is 1. The van der Waals surface area contributed by atoms with Gasteiger partial charge >= 0.3 is 5.97 Å². The predicted octanol–water partition coefficient (Wildman–Crippen LogP) is 4.54. The molecule has 28 heavy (non-hydrogen) atoms. The van der Waals surface area contributed by atoms with Gasteiger partial charge in [0.15, 0.2) is 0 Å². The largest absolute Gasteiger partial charge is 0.465 e. The second-order valence-corrected chi connectivity index (χ2v) is 9.68. The van der Waals surface area contributed by atoms with E-state index in [1.54, 1.807) is 19.1 Å². The molecule has 5 nitrogen and oxygen atoms in total. The minimum atomic E-state index is -3.93. The first kappa shape index (κ1) is 22.6. The van der Waals surface area contributed by atoms with Crippen LogP contribution >= 0.6 is 15.9 Å². The molecule has 0 fully saturated rings. The monoisotopic (exact) mass is 467 g/mol. The second-order valence-electron chi connectivity index (χ2n) is 6.87. The molecule has 0 saturated heterocycles. The van der Waals surface area contributed by atoms with Gasteiger partial charge in [0.2, 0.25) is 10.0 Å². The molecule has 0 unspecified atom stereocenters. The van der Waals surface area contributed by atoms with Gasteiger partial charge in [-0.3, -0.25) is 4.79 Å². The maximum absolute atomic E-state index is 13.5. The van der Waals surface area contributed by atoms with Crippen LogP contribution in [0.2, 0.25) is 0 Å². The first-order valence-electron chi connectivity index (χ1n) is 9.17. The van der Waals surface area contributed by atoms with Crippen molar-refractivity contribution < 1.29 is 17.9 Å². The molecular formula is C21H26BrNO4S. The van der Waals surface area contributed by atoms with Crippen molar-refractivity contribution in [2.24, 2.45) is 5.92 Å². The Bertz CT molecular complexity index is 910. The third-order valence-corrected chi connectivity index (χ3v) is 6.85. The first-order valence-corrected chi connectivity index (χ1v) is 11.4. The fourth-order valence-corrected chi connectivity index (χ4v) is 4.93. The summed E-state index contributed by atoms with van der Waals surface area (Å²) in [6.45, 7) is 7.57. The predicted molar refractivity (Wildman–Crippen MR) is 113 cm³/mol. The number of carbonyl (C=O) groups excluding carboxylic acids is 1. The first-order chi connectivity index (χ1) is 13.2. The van der Waals surface area contributed by atoms with E-state index >= 15 is 0 Å². The Kier molecular flexibility index (Phi) is 7.80. The van der Waals surface area contributed by atoms with Gasteiger partial charge in [0.1, 0.15) is 6.04 Å². The van der Waals surface area contributed by atoms with Crippen molar-refractivity contribution in [2.45, 2.75) is 45.2 Å². The molecule has 0 amide bonds. The fraction of sp³-hybridized carbons (Fsp3) is 0.381. The van der Waals surface area contributed by atoms with Gasteiger partial charge in [0.25, 0.3) is 0 Å². The summed E-state index contributed by atoms with van der Waals surface area (Å²) in [5, 5.41) is 0. The molecule has 0 N–H and O–H groups in total. The van der Waals surface area contributed by atoms with Crippen LogP contribution in [0.5, 0.6) is 0 Å². The maximum atomic E-state index is 13.5. The van der Waals surface area contributed by atoms with E-state index in [4.69, 9.17) is 4.74 Å². The third kappa shape index (κ3) is 5.21. The minimum absolute atomic E-state index is 0.0900. The molecule has 1 atom stereocenters. The van der Waals surface area contributed by atoms with Gasteiger partial charge in [-0.2, -0.15) is 4.31 Å². The summed E-state index contributed by atoms with van der Waals surface area (Å²) >= 11 is 3.33. The van der Waals surface area contributed by atoms with Crippen molar-refractivity contribution in [3.63, 3.8) is 0 Å². The number of esters is 1. The Labute approximate surface area is 175 Å². The van der Waals surface area contributed by atoms with E-state index in [0.717, 1.165) is 15.6 Å². The highest BCUT2D eigenvalue weighted by molar-refractivity contribution is 9.10. The SMILES string of the molecule is CCOC(=O)[C@H](C(C)C)N(Cc1ccccc1C)S(=O)(=O)c1ccc(Br)cc1. The summed E-state index contributed by atoms with van der Waals surface area (Å²) in [5.41, 5.74) is 1.81. The van der Waals surface area contributed by atoms with Gasteiger partial charge in [0, 0.05) is 11.0 Å². The zero-order chi connectivity index (χ0) is 20.9. The lowest BCUT2D eigenvalue weighted by Crippen LogP contribution is -2.48. The van der Waals surface area contributed by atoms with Crippen molar-refractivity contribution in [1.82, 2.24) is 4.31 Å². The minimum Gasteiger partial charge on any atom is -0.465 e. The van der Waals surface area contributed by atoms with E-state index in [1.807, 2.05) is 45.0 Å². The molecule has 2 aromatic rings. The molecule has 0 saturated carbocycles. The van der Waals surface area contributed by atoms with Crippen LogP contribution in [0.3, 0.4) is 0 Å². The van der Waals surface area contributed by atoms with Crippen LogP contribution in [0, 0.1) is 12.8 Å². The molecule has 0 aliphatic rings. The number of hydrogen-bond acceptors (Lipinski definition) is 4. The average Bonchev–Trinajstić information content (AvgIpc) is 2.63. The number of carbonyl (C=O) groups is 1. The second kappa shape index (κ2) is 9.67. The molecule has 2 rings (SSSR count). The van der Waals surface area contributed by atoms with Crippen molar-refractivity contribution in [3.05, 3.63) is 64.1 Å². The maximum Gasteiger partial charge on any atom is 0.324 e. The van der Waals surface area contributed by atoms with Crippen LogP contribution in [0.25, 0.3) is 0 Å². The van der Waals surface area contributed by atoms with Gasteiger partial charge < -0.3 is 4.74 Å². The standard InChI is InChI=1S/C21H26BrNO4S/c1-5-27-21(24)20(15(2)3)23(14-17-9-7-6-8-16(17)4)28(25,26)19-12-10-18(22)11-13-19/h6-13,15,20H,5,14H2,1-4H3/t20-/m0/s1. The van der Waals surface area contributed by atoms with Crippen molar-refractivity contribution in [1.29, 1.82) is 0 Å². The summed E-state index contributed by atoms with van der Waals surface area (Å²) in [6, 6.07) is 13.1. The molecule has 0 aliphatic carbocycles. The normalized spacial score (nSPS) is 13.0. The van der Waals surface area contributed by atoms with Gasteiger partial charge in [-0.1, -0.05) is 54.0 Å². The Morgan fingerprint density at radius 1 is 1.11 bits per heavy atom. The molecule has 0 aromatic heterocycles. The lowest BCUT2D eigenvalue weighted by atomic mass is 10.0. The summed E-state index contributed by atoms with van der Waals surface area (Å²) in [6.07, 6.45) is 0. The van der Waals surface area contributed by atoms with E-state index in [-0.39, 0.29) is 24.0 Å². The Morgan fingerprint density at radius 2 is 1.71 bits per heavy atom. The van der Waals surface area contributed by atoms with Gasteiger partial charge in [-0.05, 0) is 55.2 Å². The van der Waals surface area contributed by atoms with E-state index < -0.39 is 22.0 Å². The molecule has 0 heterocycles. The highest BCUT2D eigenvalue weighted by atomic mass is 79.9. The molecule has 7 heteroatoms. The van der Waals surface area contributed by atoms with Crippen molar-refractivity contribution in [3.8, 4) is 0 Å². The van der Waals surface area contributed by atoms with E-state index in [2.05, 4.69) is 15.9 Å². The van der Waals surface area contributed by atoms with Gasteiger partial charge in [-0.15, -0.1) is 0 Å². The number of sulfonamides is 1. The quantitative estimate of drug-likeness (QED) is 0.534.